The molecule has 10 heteroatoms. The molecule has 1 unspecified atom stereocenters. The molecule has 1 aliphatic heterocycles. The molecule has 3 aromatic rings. The second-order valence-corrected chi connectivity index (χ2v) is 7.81. The van der Waals surface area contributed by atoms with Gasteiger partial charge < -0.3 is 10.2 Å². The minimum atomic E-state index is -0.911. The lowest BCUT2D eigenvalue weighted by Crippen LogP contribution is -2.28. The summed E-state index contributed by atoms with van der Waals surface area (Å²) in [7, 11) is 0. The number of carbonyl (C=O) groups excluding carboxylic acids is 1. The molecule has 2 aromatic carbocycles. The number of rotatable bonds is 5. The largest absolute Gasteiger partial charge is 0.382 e. The van der Waals surface area contributed by atoms with E-state index in [0.29, 0.717) is 22.4 Å². The molecule has 4 rings (SSSR count). The lowest BCUT2D eigenvalue weighted by Gasteiger charge is -2.08. The topological polar surface area (TPSA) is 68.5 Å². The summed E-state index contributed by atoms with van der Waals surface area (Å²) >= 11 is 18.1. The number of oxime groups is 1. The molecule has 0 aliphatic carbocycles. The summed E-state index contributed by atoms with van der Waals surface area (Å²) in [5.74, 6) is -0.632. The van der Waals surface area contributed by atoms with Crippen LogP contribution in [0.25, 0.3) is 0 Å². The van der Waals surface area contributed by atoms with Crippen molar-refractivity contribution < 1.29 is 14.0 Å². The van der Waals surface area contributed by atoms with Crippen LogP contribution in [0.2, 0.25) is 15.1 Å². The van der Waals surface area contributed by atoms with Crippen molar-refractivity contribution in [2.24, 2.45) is 5.16 Å². The predicted molar refractivity (Wildman–Crippen MR) is 114 cm³/mol. The van der Waals surface area contributed by atoms with E-state index in [1.165, 1.54) is 12.1 Å². The zero-order valence-electron chi connectivity index (χ0n) is 15.3. The first-order valence-electron chi connectivity index (χ1n) is 8.86. The number of anilines is 1. The fourth-order valence-electron chi connectivity index (χ4n) is 2.99. The number of halogens is 4. The highest BCUT2D eigenvalue weighted by Crippen LogP contribution is 2.26. The van der Waals surface area contributed by atoms with Crippen molar-refractivity contribution in [3.05, 3.63) is 80.7 Å². The highest BCUT2D eigenvalue weighted by Gasteiger charge is 2.31. The number of hydrogen-bond acceptors (Lipinski definition) is 4. The van der Waals surface area contributed by atoms with Gasteiger partial charge in [0.25, 0.3) is 5.91 Å². The first-order chi connectivity index (χ1) is 14.4. The lowest BCUT2D eigenvalue weighted by atomic mass is 10.0. The van der Waals surface area contributed by atoms with Gasteiger partial charge in [-0.1, -0.05) is 52.1 Å². The quantitative estimate of drug-likeness (QED) is 0.563. The molecule has 1 N–H and O–H groups in total. The highest BCUT2D eigenvalue weighted by atomic mass is 35.5. The average Bonchev–Trinajstić information content (AvgIpc) is 3.34. The van der Waals surface area contributed by atoms with Gasteiger partial charge in [-0.2, -0.15) is 5.10 Å². The molecule has 0 saturated carbocycles. The third-order valence-electron chi connectivity index (χ3n) is 4.45. The van der Waals surface area contributed by atoms with E-state index in [0.717, 1.165) is 5.56 Å². The van der Waals surface area contributed by atoms with Crippen LogP contribution in [0.4, 0.5) is 10.2 Å². The number of nitrogens with one attached hydrogen (secondary N) is 1. The van der Waals surface area contributed by atoms with Crippen molar-refractivity contribution in [1.82, 2.24) is 9.78 Å². The van der Waals surface area contributed by atoms with Gasteiger partial charge in [0.05, 0.1) is 22.8 Å². The molecule has 2 heterocycles. The molecular weight excluding hydrogens is 454 g/mol. The molecule has 6 nitrogen and oxygen atoms in total. The van der Waals surface area contributed by atoms with E-state index in [1.807, 2.05) is 6.07 Å². The summed E-state index contributed by atoms with van der Waals surface area (Å²) in [5, 5.41) is 12.1. The second kappa shape index (κ2) is 8.63. The molecular formula is C20H14Cl3FN4O2. The fraction of sp³-hybridized carbons (Fsp3) is 0.150. The second-order valence-electron chi connectivity index (χ2n) is 6.56. The molecule has 0 saturated heterocycles. The monoisotopic (exact) mass is 466 g/mol. The lowest BCUT2D eigenvalue weighted by molar-refractivity contribution is -0.125. The van der Waals surface area contributed by atoms with Crippen LogP contribution in [-0.4, -0.2) is 27.5 Å². The summed E-state index contributed by atoms with van der Waals surface area (Å²) in [6.07, 6.45) is 0.886. The maximum absolute atomic E-state index is 14.1. The number of amides is 1. The van der Waals surface area contributed by atoms with Gasteiger partial charge in [-0.15, -0.1) is 0 Å². The Hall–Kier alpha value is -2.61. The van der Waals surface area contributed by atoms with E-state index in [2.05, 4.69) is 15.6 Å². The van der Waals surface area contributed by atoms with Gasteiger partial charge in [-0.3, -0.25) is 9.48 Å². The third-order valence-corrected chi connectivity index (χ3v) is 5.35. The van der Waals surface area contributed by atoms with E-state index < -0.39 is 17.8 Å². The van der Waals surface area contributed by atoms with Crippen molar-refractivity contribution >= 4 is 52.2 Å². The molecule has 30 heavy (non-hydrogen) atoms. The van der Waals surface area contributed by atoms with E-state index in [4.69, 9.17) is 39.6 Å². The zero-order chi connectivity index (χ0) is 21.3. The van der Waals surface area contributed by atoms with Gasteiger partial charge in [0.2, 0.25) is 6.10 Å². The van der Waals surface area contributed by atoms with Crippen molar-refractivity contribution in [2.75, 3.05) is 5.32 Å². The minimum Gasteiger partial charge on any atom is -0.382 e. The first kappa shape index (κ1) is 20.7. The SMILES string of the molecule is O=C(Nc1ccn(Cc2ccc(Cl)cc2Cl)n1)C1CC(c2c(F)cccc2Cl)=NO1. The van der Waals surface area contributed by atoms with Crippen molar-refractivity contribution in [1.29, 1.82) is 0 Å². The maximum Gasteiger partial charge on any atom is 0.269 e. The number of carbonyl (C=O) groups is 1. The normalized spacial score (nSPS) is 15.6. The molecule has 1 amide bonds. The average molecular weight is 468 g/mol. The van der Waals surface area contributed by atoms with Crippen LogP contribution >= 0.6 is 34.8 Å². The predicted octanol–water partition coefficient (Wildman–Crippen LogP) is 5.16. The molecule has 1 aliphatic rings. The zero-order valence-corrected chi connectivity index (χ0v) is 17.5. The standard InChI is InChI=1S/C20H14Cl3FN4O2/c21-12-5-4-11(14(23)8-12)10-28-7-6-18(26-28)25-20(29)17-9-16(27-30-17)19-13(22)2-1-3-15(19)24/h1-8,17H,9-10H2,(H,25,26,29). The Kier molecular flexibility index (Phi) is 5.94. The summed E-state index contributed by atoms with van der Waals surface area (Å²) in [6.45, 7) is 0.408. The third kappa shape index (κ3) is 4.43. The molecule has 0 radical (unpaired) electrons. The molecule has 1 atom stereocenters. The van der Waals surface area contributed by atoms with Gasteiger partial charge in [-0.05, 0) is 29.8 Å². The van der Waals surface area contributed by atoms with Crippen molar-refractivity contribution in [2.45, 2.75) is 19.1 Å². The Labute approximate surface area is 186 Å². The van der Waals surface area contributed by atoms with E-state index in [-0.39, 0.29) is 22.7 Å². The summed E-state index contributed by atoms with van der Waals surface area (Å²) < 4.78 is 15.7. The Bertz CT molecular complexity index is 1130. The minimum absolute atomic E-state index is 0.0909. The van der Waals surface area contributed by atoms with Crippen LogP contribution in [0.15, 0.2) is 53.8 Å². The Balaban J connectivity index is 1.38. The van der Waals surface area contributed by atoms with Crippen LogP contribution in [0.3, 0.4) is 0 Å². The smallest absolute Gasteiger partial charge is 0.269 e. The molecule has 0 bridgehead atoms. The Morgan fingerprint density at radius 1 is 1.20 bits per heavy atom. The van der Waals surface area contributed by atoms with Crippen LogP contribution in [0.1, 0.15) is 17.5 Å². The van der Waals surface area contributed by atoms with Crippen molar-refractivity contribution in [3.8, 4) is 0 Å². The summed E-state index contributed by atoms with van der Waals surface area (Å²) in [4.78, 5) is 17.7. The number of nitrogens with zero attached hydrogens (tertiary/aromatic N) is 3. The summed E-state index contributed by atoms with van der Waals surface area (Å²) in [6, 6.07) is 11.2. The van der Waals surface area contributed by atoms with Crippen LogP contribution in [0, 0.1) is 5.82 Å². The van der Waals surface area contributed by atoms with Gasteiger partial charge in [0, 0.05) is 28.7 Å². The van der Waals surface area contributed by atoms with Gasteiger partial charge in [0.1, 0.15) is 5.82 Å². The molecule has 0 fully saturated rings. The molecule has 1 aromatic heterocycles. The number of benzene rings is 2. The maximum atomic E-state index is 14.1. The molecule has 0 spiro atoms. The number of aromatic nitrogens is 2. The van der Waals surface area contributed by atoms with E-state index in [1.54, 1.807) is 35.1 Å². The first-order valence-corrected chi connectivity index (χ1v) is 9.99. The van der Waals surface area contributed by atoms with Crippen LogP contribution in [-0.2, 0) is 16.2 Å². The van der Waals surface area contributed by atoms with Gasteiger partial charge >= 0.3 is 0 Å². The molecule has 154 valence electrons. The van der Waals surface area contributed by atoms with Crippen LogP contribution in [0.5, 0.6) is 0 Å². The van der Waals surface area contributed by atoms with Gasteiger partial charge in [0.15, 0.2) is 5.82 Å². The van der Waals surface area contributed by atoms with Crippen molar-refractivity contribution in [3.63, 3.8) is 0 Å². The Morgan fingerprint density at radius 3 is 2.80 bits per heavy atom. The summed E-state index contributed by atoms with van der Waals surface area (Å²) in [5.41, 5.74) is 1.25. The van der Waals surface area contributed by atoms with Gasteiger partial charge in [-0.25, -0.2) is 4.39 Å². The van der Waals surface area contributed by atoms with E-state index in [9.17, 15) is 9.18 Å². The highest BCUT2D eigenvalue weighted by molar-refractivity contribution is 6.35. The Morgan fingerprint density at radius 2 is 2.03 bits per heavy atom. The van der Waals surface area contributed by atoms with Crippen LogP contribution < -0.4 is 5.32 Å². The van der Waals surface area contributed by atoms with E-state index >= 15 is 0 Å². The fourth-order valence-corrected chi connectivity index (χ4v) is 3.73. The number of hydrogen-bond donors (Lipinski definition) is 1.